The minimum Gasteiger partial charge on any atom is -0.491 e. The van der Waals surface area contributed by atoms with Gasteiger partial charge in [0.15, 0.2) is 5.75 Å². The molecule has 0 radical (unpaired) electrons. The summed E-state index contributed by atoms with van der Waals surface area (Å²) in [4.78, 5) is 21.0. The van der Waals surface area contributed by atoms with Crippen molar-refractivity contribution in [3.05, 3.63) is 12.0 Å². The van der Waals surface area contributed by atoms with Crippen LogP contribution in [0.25, 0.3) is 0 Å². The number of isocyanates is 1. The van der Waals surface area contributed by atoms with Crippen molar-refractivity contribution in [3.8, 4) is 5.75 Å². The normalized spacial score (nSPS) is 8.83. The number of aryl methyl sites for hydroxylation is 1. The van der Waals surface area contributed by atoms with Crippen LogP contribution in [-0.4, -0.2) is 23.2 Å². The lowest BCUT2D eigenvalue weighted by atomic mass is 10.5. The summed E-state index contributed by atoms with van der Waals surface area (Å²) >= 11 is 0. The summed E-state index contributed by atoms with van der Waals surface area (Å²) in [5, 5.41) is 0. The van der Waals surface area contributed by atoms with Crippen LogP contribution in [0.4, 0.5) is 5.82 Å². The first-order chi connectivity index (χ1) is 5.77. The number of nitrogens with zero attached hydrogens (tertiary/aromatic N) is 3. The average molecular weight is 165 g/mol. The highest BCUT2D eigenvalue weighted by molar-refractivity contribution is 5.51. The predicted molar refractivity (Wildman–Crippen MR) is 41.1 cm³/mol. The summed E-state index contributed by atoms with van der Waals surface area (Å²) in [7, 11) is 1.46. The topological polar surface area (TPSA) is 64.4 Å². The second kappa shape index (κ2) is 3.59. The van der Waals surface area contributed by atoms with E-state index in [9.17, 15) is 4.79 Å². The van der Waals surface area contributed by atoms with Crippen LogP contribution < -0.4 is 4.74 Å². The van der Waals surface area contributed by atoms with E-state index in [1.54, 1.807) is 6.92 Å². The molecule has 0 fully saturated rings. The molecule has 0 spiro atoms. The molecule has 0 bridgehead atoms. The van der Waals surface area contributed by atoms with Gasteiger partial charge in [0.05, 0.1) is 13.3 Å². The molecule has 0 atom stereocenters. The molecule has 0 saturated carbocycles. The summed E-state index contributed by atoms with van der Waals surface area (Å²) in [6, 6.07) is 0. The summed E-state index contributed by atoms with van der Waals surface area (Å²) < 4.78 is 4.86. The van der Waals surface area contributed by atoms with E-state index in [0.717, 1.165) is 0 Å². The molecule has 0 N–H and O–H groups in total. The number of ether oxygens (including phenoxy) is 1. The molecular weight excluding hydrogens is 158 g/mol. The van der Waals surface area contributed by atoms with Crippen LogP contribution in [0, 0.1) is 6.92 Å². The number of aromatic nitrogens is 2. The van der Waals surface area contributed by atoms with E-state index in [4.69, 9.17) is 4.74 Å². The summed E-state index contributed by atoms with van der Waals surface area (Å²) in [5.74, 6) is 1.11. The minimum atomic E-state index is 0.208. The van der Waals surface area contributed by atoms with Crippen LogP contribution in [0.3, 0.4) is 0 Å². The first kappa shape index (κ1) is 8.36. The highest BCUT2D eigenvalue weighted by atomic mass is 16.5. The standard InChI is InChI=1S/C7H7N3O2/c1-5-8-3-6(12-2)7(10-5)9-4-11/h3H,1-2H3. The van der Waals surface area contributed by atoms with Crippen molar-refractivity contribution in [1.82, 2.24) is 9.97 Å². The van der Waals surface area contributed by atoms with Crippen molar-refractivity contribution in [1.29, 1.82) is 0 Å². The van der Waals surface area contributed by atoms with Crippen molar-refractivity contribution in [2.75, 3.05) is 7.11 Å². The van der Waals surface area contributed by atoms with Gasteiger partial charge in [-0.05, 0) is 6.92 Å². The average Bonchev–Trinajstić information content (AvgIpc) is 2.05. The lowest BCUT2D eigenvalue weighted by molar-refractivity contribution is 0.412. The zero-order chi connectivity index (χ0) is 8.97. The Hall–Kier alpha value is -1.74. The number of methoxy groups -OCH3 is 1. The molecule has 1 aromatic heterocycles. The van der Waals surface area contributed by atoms with Gasteiger partial charge in [0, 0.05) is 0 Å². The summed E-state index contributed by atoms with van der Waals surface area (Å²) in [5.41, 5.74) is 0. The van der Waals surface area contributed by atoms with Gasteiger partial charge in [-0.1, -0.05) is 0 Å². The quantitative estimate of drug-likeness (QED) is 0.479. The first-order valence-corrected chi connectivity index (χ1v) is 3.23. The number of hydrogen-bond donors (Lipinski definition) is 0. The molecule has 1 heterocycles. The van der Waals surface area contributed by atoms with E-state index < -0.39 is 0 Å². The van der Waals surface area contributed by atoms with Crippen LogP contribution >= 0.6 is 0 Å². The van der Waals surface area contributed by atoms with Gasteiger partial charge in [0.2, 0.25) is 11.9 Å². The first-order valence-electron chi connectivity index (χ1n) is 3.23. The Morgan fingerprint density at radius 3 is 3.00 bits per heavy atom. The van der Waals surface area contributed by atoms with E-state index in [-0.39, 0.29) is 5.82 Å². The fourth-order valence-corrected chi connectivity index (χ4v) is 0.714. The van der Waals surface area contributed by atoms with Crippen molar-refractivity contribution in [2.45, 2.75) is 6.92 Å². The number of carbonyl (C=O) groups excluding carboxylic acids is 1. The van der Waals surface area contributed by atoms with Crippen molar-refractivity contribution >= 4 is 11.9 Å². The van der Waals surface area contributed by atoms with Crippen molar-refractivity contribution in [2.24, 2.45) is 4.99 Å². The lowest BCUT2D eigenvalue weighted by Gasteiger charge is -2.00. The maximum atomic E-state index is 9.95. The molecule has 0 amide bonds. The van der Waals surface area contributed by atoms with E-state index >= 15 is 0 Å². The van der Waals surface area contributed by atoms with Crippen LogP contribution in [0.1, 0.15) is 5.82 Å². The van der Waals surface area contributed by atoms with Crippen molar-refractivity contribution in [3.63, 3.8) is 0 Å². The Morgan fingerprint density at radius 1 is 1.67 bits per heavy atom. The molecule has 1 rings (SSSR count). The molecule has 0 aliphatic carbocycles. The van der Waals surface area contributed by atoms with Gasteiger partial charge in [-0.15, -0.1) is 4.99 Å². The van der Waals surface area contributed by atoms with E-state index in [2.05, 4.69) is 15.0 Å². The van der Waals surface area contributed by atoms with Gasteiger partial charge < -0.3 is 4.74 Å². The van der Waals surface area contributed by atoms with Crippen LogP contribution in [0.2, 0.25) is 0 Å². The molecule has 0 aromatic carbocycles. The maximum Gasteiger partial charge on any atom is 0.242 e. The maximum absolute atomic E-state index is 9.95. The molecule has 0 unspecified atom stereocenters. The Kier molecular flexibility index (Phi) is 2.50. The number of hydrogen-bond acceptors (Lipinski definition) is 5. The molecule has 5 heteroatoms. The third-order valence-electron chi connectivity index (χ3n) is 1.23. The summed E-state index contributed by atoms with van der Waals surface area (Å²) in [6.07, 6.45) is 2.85. The minimum absolute atomic E-state index is 0.208. The molecule has 0 saturated heterocycles. The second-order valence-corrected chi connectivity index (χ2v) is 2.01. The molecule has 0 aliphatic heterocycles. The fourth-order valence-electron chi connectivity index (χ4n) is 0.714. The van der Waals surface area contributed by atoms with Gasteiger partial charge in [0.1, 0.15) is 5.82 Å². The smallest absolute Gasteiger partial charge is 0.242 e. The Labute approximate surface area is 69.1 Å². The van der Waals surface area contributed by atoms with Gasteiger partial charge in [-0.2, -0.15) is 0 Å². The van der Waals surface area contributed by atoms with E-state index in [1.165, 1.54) is 19.4 Å². The number of aliphatic imine (C=N–C) groups is 1. The van der Waals surface area contributed by atoms with Gasteiger partial charge in [0.25, 0.3) is 0 Å². The molecular formula is C7H7N3O2. The third kappa shape index (κ3) is 1.65. The Bertz CT molecular complexity index is 331. The molecule has 5 nitrogen and oxygen atoms in total. The zero-order valence-corrected chi connectivity index (χ0v) is 6.74. The van der Waals surface area contributed by atoms with Crippen LogP contribution in [0.5, 0.6) is 5.75 Å². The zero-order valence-electron chi connectivity index (χ0n) is 6.74. The van der Waals surface area contributed by atoms with E-state index in [0.29, 0.717) is 11.6 Å². The van der Waals surface area contributed by atoms with Crippen LogP contribution in [0.15, 0.2) is 11.2 Å². The lowest BCUT2D eigenvalue weighted by Crippen LogP contribution is -1.91. The summed E-state index contributed by atoms with van der Waals surface area (Å²) in [6.45, 7) is 1.70. The van der Waals surface area contributed by atoms with Gasteiger partial charge in [-0.3, -0.25) is 0 Å². The number of rotatable bonds is 2. The largest absolute Gasteiger partial charge is 0.491 e. The molecule has 1 aromatic rings. The van der Waals surface area contributed by atoms with Crippen molar-refractivity contribution < 1.29 is 9.53 Å². The van der Waals surface area contributed by atoms with Gasteiger partial charge >= 0.3 is 0 Å². The molecule has 12 heavy (non-hydrogen) atoms. The molecule has 62 valence electrons. The van der Waals surface area contributed by atoms with E-state index in [1.807, 2.05) is 0 Å². The third-order valence-corrected chi connectivity index (χ3v) is 1.23. The Morgan fingerprint density at radius 2 is 2.42 bits per heavy atom. The molecule has 0 aliphatic rings. The second-order valence-electron chi connectivity index (χ2n) is 2.01. The highest BCUT2D eigenvalue weighted by Gasteiger charge is 2.03. The predicted octanol–water partition coefficient (Wildman–Crippen LogP) is 0.761. The van der Waals surface area contributed by atoms with Crippen LogP contribution in [-0.2, 0) is 4.79 Å². The Balaban J connectivity index is 3.20. The fraction of sp³-hybridized carbons (Fsp3) is 0.286. The monoisotopic (exact) mass is 165 g/mol. The van der Waals surface area contributed by atoms with Gasteiger partial charge in [-0.25, -0.2) is 14.8 Å². The SMILES string of the molecule is COc1cnc(C)nc1N=C=O. The highest BCUT2D eigenvalue weighted by Crippen LogP contribution is 2.22.